The first kappa shape index (κ1) is 20.3. The van der Waals surface area contributed by atoms with E-state index in [1.54, 1.807) is 0 Å². The van der Waals surface area contributed by atoms with Gasteiger partial charge in [-0.3, -0.25) is 4.68 Å². The molecule has 2 aliphatic rings. The van der Waals surface area contributed by atoms with Gasteiger partial charge in [0.05, 0.1) is 49.4 Å². The average molecular weight is 431 g/mol. The van der Waals surface area contributed by atoms with E-state index in [0.29, 0.717) is 25.0 Å². The number of anilines is 1. The minimum atomic E-state index is -4.53. The van der Waals surface area contributed by atoms with Gasteiger partial charge in [0.25, 0.3) is 0 Å². The molecule has 6 nitrogen and oxygen atoms in total. The van der Waals surface area contributed by atoms with Crippen molar-refractivity contribution in [1.29, 1.82) is 0 Å². The van der Waals surface area contributed by atoms with Gasteiger partial charge in [-0.2, -0.15) is 18.3 Å². The van der Waals surface area contributed by atoms with Gasteiger partial charge in [-0.15, -0.1) is 0 Å². The molecule has 0 spiro atoms. The first-order valence-electron chi connectivity index (χ1n) is 9.57. The van der Waals surface area contributed by atoms with E-state index in [1.165, 1.54) is 12.5 Å². The maximum absolute atomic E-state index is 13.3. The summed E-state index contributed by atoms with van der Waals surface area (Å²) in [6.07, 6.45) is 1.58. The first-order chi connectivity index (χ1) is 13.8. The molecule has 0 aromatic carbocycles. The monoisotopic (exact) mass is 430 g/mol. The molecule has 10 heteroatoms. The maximum Gasteiger partial charge on any atom is 0.419 e. The van der Waals surface area contributed by atoms with Gasteiger partial charge >= 0.3 is 6.18 Å². The van der Waals surface area contributed by atoms with E-state index in [4.69, 9.17) is 21.1 Å². The topological polar surface area (TPSA) is 61.2 Å². The minimum absolute atomic E-state index is 0.00810. The zero-order valence-corrected chi connectivity index (χ0v) is 16.6. The number of rotatable bonds is 6. The maximum atomic E-state index is 13.3. The highest BCUT2D eigenvalue weighted by atomic mass is 35.5. The molecule has 158 valence electrons. The molecule has 0 unspecified atom stereocenters. The Morgan fingerprint density at radius 3 is 2.83 bits per heavy atom. The molecule has 1 saturated heterocycles. The normalized spacial score (nSPS) is 22.5. The molecule has 2 aromatic heterocycles. The van der Waals surface area contributed by atoms with Gasteiger partial charge in [0.15, 0.2) is 5.75 Å². The van der Waals surface area contributed by atoms with Crippen LogP contribution in [0, 0.1) is 12.8 Å². The Bertz CT molecular complexity index is 870. The molecule has 1 aliphatic heterocycles. The van der Waals surface area contributed by atoms with Crippen LogP contribution in [0.4, 0.5) is 18.9 Å². The highest BCUT2D eigenvalue weighted by Gasteiger charge is 2.36. The summed E-state index contributed by atoms with van der Waals surface area (Å²) in [5, 5.41) is 7.43. The van der Waals surface area contributed by atoms with E-state index in [0.717, 1.165) is 24.7 Å². The lowest BCUT2D eigenvalue weighted by atomic mass is 9.93. The third-order valence-corrected chi connectivity index (χ3v) is 5.70. The van der Waals surface area contributed by atoms with Gasteiger partial charge in [0.2, 0.25) is 0 Å². The lowest BCUT2D eigenvalue weighted by molar-refractivity contribution is -0.137. The largest absolute Gasteiger partial charge is 0.490 e. The van der Waals surface area contributed by atoms with E-state index in [9.17, 15) is 13.2 Å². The summed E-state index contributed by atoms with van der Waals surface area (Å²) in [5.74, 6) is 0.583. The van der Waals surface area contributed by atoms with Gasteiger partial charge < -0.3 is 14.8 Å². The molecule has 1 aliphatic carbocycles. The standard InChI is InChI=1S/C19H22ClF3N4O2/c1-11-17(7-27(26-11)13-3-2-4-13)29-9-12-8-28-10-16(12)25-15-5-18(20)24-6-14(15)19(21,22)23/h5-7,12-13,16H,2-4,8-10H2,1H3,(H,24,25)/t12-,16+/m0/s1. The summed E-state index contributed by atoms with van der Waals surface area (Å²) >= 11 is 5.81. The van der Waals surface area contributed by atoms with Crippen LogP contribution in [-0.2, 0) is 10.9 Å². The molecular formula is C19H22ClF3N4O2. The molecule has 4 rings (SSSR count). The summed E-state index contributed by atoms with van der Waals surface area (Å²) < 4.78 is 53.2. The predicted molar refractivity (Wildman–Crippen MR) is 101 cm³/mol. The number of aryl methyl sites for hydroxylation is 1. The Labute approximate surface area is 171 Å². The Kier molecular flexibility index (Phi) is 5.61. The minimum Gasteiger partial charge on any atom is -0.490 e. The molecule has 0 amide bonds. The number of aromatic nitrogens is 3. The average Bonchev–Trinajstić information content (AvgIpc) is 3.17. The lowest BCUT2D eigenvalue weighted by Crippen LogP contribution is -2.32. The highest BCUT2D eigenvalue weighted by Crippen LogP contribution is 2.37. The fraction of sp³-hybridized carbons (Fsp3) is 0.579. The fourth-order valence-electron chi connectivity index (χ4n) is 3.54. The second-order valence-electron chi connectivity index (χ2n) is 7.55. The molecule has 0 bridgehead atoms. The van der Waals surface area contributed by atoms with Gasteiger partial charge in [-0.05, 0) is 32.3 Å². The summed E-state index contributed by atoms with van der Waals surface area (Å²) in [7, 11) is 0. The van der Waals surface area contributed by atoms with E-state index in [2.05, 4.69) is 15.4 Å². The van der Waals surface area contributed by atoms with E-state index < -0.39 is 11.7 Å². The van der Waals surface area contributed by atoms with Crippen molar-refractivity contribution in [2.45, 2.75) is 44.4 Å². The number of alkyl halides is 3. The van der Waals surface area contributed by atoms with Crippen LogP contribution < -0.4 is 10.1 Å². The van der Waals surface area contributed by atoms with E-state index in [-0.39, 0.29) is 29.4 Å². The Morgan fingerprint density at radius 2 is 2.14 bits per heavy atom. The third kappa shape index (κ3) is 4.45. The van der Waals surface area contributed by atoms with Crippen molar-refractivity contribution in [2.75, 3.05) is 25.1 Å². The Hall–Kier alpha value is -2.00. The Balaban J connectivity index is 1.42. The number of pyridine rings is 1. The van der Waals surface area contributed by atoms with Gasteiger partial charge in [0.1, 0.15) is 10.8 Å². The number of halogens is 4. The summed E-state index contributed by atoms with van der Waals surface area (Å²) in [4.78, 5) is 3.55. The molecule has 1 saturated carbocycles. The number of hydrogen-bond acceptors (Lipinski definition) is 5. The number of hydrogen-bond donors (Lipinski definition) is 1. The van der Waals surface area contributed by atoms with Crippen LogP contribution in [0.1, 0.15) is 36.6 Å². The van der Waals surface area contributed by atoms with Crippen molar-refractivity contribution in [3.63, 3.8) is 0 Å². The summed E-state index contributed by atoms with van der Waals surface area (Å²) in [6, 6.07) is 1.29. The fourth-order valence-corrected chi connectivity index (χ4v) is 3.70. The lowest BCUT2D eigenvalue weighted by Gasteiger charge is -2.25. The van der Waals surface area contributed by atoms with Gasteiger partial charge in [-0.25, -0.2) is 4.98 Å². The van der Waals surface area contributed by atoms with Gasteiger partial charge in [-0.1, -0.05) is 11.6 Å². The van der Waals surface area contributed by atoms with Crippen LogP contribution in [0.3, 0.4) is 0 Å². The summed E-state index contributed by atoms with van der Waals surface area (Å²) in [6.45, 7) is 2.88. The van der Waals surface area contributed by atoms with E-state index >= 15 is 0 Å². The van der Waals surface area contributed by atoms with Gasteiger partial charge in [0, 0.05) is 12.1 Å². The Morgan fingerprint density at radius 1 is 1.34 bits per heavy atom. The van der Waals surface area contributed by atoms with Crippen LogP contribution in [0.15, 0.2) is 18.5 Å². The molecule has 1 N–H and O–H groups in total. The van der Waals surface area contributed by atoms with Crippen LogP contribution in [0.2, 0.25) is 5.15 Å². The molecule has 3 heterocycles. The van der Waals surface area contributed by atoms with Crippen molar-refractivity contribution >= 4 is 17.3 Å². The zero-order chi connectivity index (χ0) is 20.6. The third-order valence-electron chi connectivity index (χ3n) is 5.49. The van der Waals surface area contributed by atoms with Crippen LogP contribution >= 0.6 is 11.6 Å². The zero-order valence-electron chi connectivity index (χ0n) is 15.9. The van der Waals surface area contributed by atoms with Crippen molar-refractivity contribution in [2.24, 2.45) is 5.92 Å². The van der Waals surface area contributed by atoms with Crippen LogP contribution in [0.5, 0.6) is 5.75 Å². The number of nitrogens with one attached hydrogen (secondary N) is 1. The van der Waals surface area contributed by atoms with Crippen molar-refractivity contribution in [3.8, 4) is 5.75 Å². The predicted octanol–water partition coefficient (Wildman–Crippen LogP) is 4.49. The first-order valence-corrected chi connectivity index (χ1v) is 9.94. The van der Waals surface area contributed by atoms with Crippen LogP contribution in [-0.4, -0.2) is 40.6 Å². The molecule has 2 fully saturated rings. The molecule has 29 heavy (non-hydrogen) atoms. The van der Waals surface area contributed by atoms with Crippen molar-refractivity contribution in [1.82, 2.24) is 14.8 Å². The SMILES string of the molecule is Cc1nn(C2CCC2)cc1OC[C@@H]1COC[C@H]1Nc1cc(Cl)ncc1C(F)(F)F. The second-order valence-corrected chi connectivity index (χ2v) is 7.94. The van der Waals surface area contributed by atoms with Crippen LogP contribution in [0.25, 0.3) is 0 Å². The molecular weight excluding hydrogens is 409 g/mol. The number of nitrogens with zero attached hydrogens (tertiary/aromatic N) is 3. The second kappa shape index (κ2) is 8.02. The quantitative estimate of drug-likeness (QED) is 0.684. The smallest absolute Gasteiger partial charge is 0.419 e. The van der Waals surface area contributed by atoms with Crippen molar-refractivity contribution in [3.05, 3.63) is 34.9 Å². The molecule has 2 atom stereocenters. The molecule has 2 aromatic rings. The van der Waals surface area contributed by atoms with Crippen molar-refractivity contribution < 1.29 is 22.6 Å². The highest BCUT2D eigenvalue weighted by molar-refractivity contribution is 6.29. The van der Waals surface area contributed by atoms with E-state index in [1.807, 2.05) is 17.8 Å². The number of ether oxygens (including phenoxy) is 2. The summed E-state index contributed by atoms with van der Waals surface area (Å²) in [5.41, 5.74) is -0.154. The molecule has 0 radical (unpaired) electrons.